The van der Waals surface area contributed by atoms with Gasteiger partial charge in [-0.15, -0.1) is 0 Å². The summed E-state index contributed by atoms with van der Waals surface area (Å²) in [6.45, 7) is 7.01. The van der Waals surface area contributed by atoms with Crippen LogP contribution in [0.4, 0.5) is 0 Å². The molecule has 2 aromatic carbocycles. The largest absolute Gasteiger partial charge is 0.497 e. The highest BCUT2D eigenvalue weighted by Gasteiger charge is 2.31. The second-order valence-electron chi connectivity index (χ2n) is 6.63. The van der Waals surface area contributed by atoms with Crippen molar-refractivity contribution in [2.24, 2.45) is 0 Å². The van der Waals surface area contributed by atoms with E-state index in [1.54, 1.807) is 7.11 Å². The fraction of sp³-hybridized carbons (Fsp3) is 0.429. The Hall–Kier alpha value is -2.04. The molecular formula is C21H27NO3. The molecule has 0 bridgehead atoms. The van der Waals surface area contributed by atoms with Crippen LogP contribution in [0.2, 0.25) is 0 Å². The molecule has 0 amide bonds. The van der Waals surface area contributed by atoms with Gasteiger partial charge in [-0.05, 0) is 31.5 Å². The van der Waals surface area contributed by atoms with Crippen LogP contribution >= 0.6 is 0 Å². The summed E-state index contributed by atoms with van der Waals surface area (Å²) in [5.41, 5.74) is 1.13. The molecule has 0 radical (unpaired) electrons. The second kappa shape index (κ2) is 8.37. The van der Waals surface area contributed by atoms with E-state index in [1.807, 2.05) is 42.5 Å². The van der Waals surface area contributed by atoms with Gasteiger partial charge < -0.3 is 14.2 Å². The molecule has 4 heteroatoms. The lowest BCUT2D eigenvalue weighted by atomic mass is 10.0. The molecule has 2 aromatic rings. The molecule has 3 rings (SSSR count). The van der Waals surface area contributed by atoms with Crippen molar-refractivity contribution in [3.63, 3.8) is 0 Å². The predicted molar refractivity (Wildman–Crippen MR) is 99.3 cm³/mol. The van der Waals surface area contributed by atoms with Crippen molar-refractivity contribution in [2.75, 3.05) is 26.8 Å². The van der Waals surface area contributed by atoms with Gasteiger partial charge >= 0.3 is 0 Å². The Morgan fingerprint density at radius 1 is 1.04 bits per heavy atom. The summed E-state index contributed by atoms with van der Waals surface area (Å²) >= 11 is 0. The minimum atomic E-state index is -0.158. The number of benzene rings is 2. The zero-order chi connectivity index (χ0) is 17.6. The van der Waals surface area contributed by atoms with Crippen LogP contribution in [-0.4, -0.2) is 43.9 Å². The summed E-state index contributed by atoms with van der Waals surface area (Å²) in [7, 11) is 1.67. The number of hydrogen-bond donors (Lipinski definition) is 0. The van der Waals surface area contributed by atoms with Gasteiger partial charge in [-0.1, -0.05) is 36.4 Å². The SMILES string of the molecule is COc1cccc(OC(c2ccccc2)C2CN(C(C)C)CCO2)c1. The molecule has 2 unspecified atom stereocenters. The van der Waals surface area contributed by atoms with E-state index in [0.29, 0.717) is 6.04 Å². The molecule has 0 aliphatic carbocycles. The van der Waals surface area contributed by atoms with Crippen molar-refractivity contribution in [1.82, 2.24) is 4.90 Å². The summed E-state index contributed by atoms with van der Waals surface area (Å²) in [4.78, 5) is 2.44. The van der Waals surface area contributed by atoms with Crippen LogP contribution < -0.4 is 9.47 Å². The average molecular weight is 341 g/mol. The van der Waals surface area contributed by atoms with E-state index in [4.69, 9.17) is 14.2 Å². The van der Waals surface area contributed by atoms with Gasteiger partial charge in [0.25, 0.3) is 0 Å². The summed E-state index contributed by atoms with van der Waals surface area (Å²) < 4.78 is 17.8. The molecule has 1 saturated heterocycles. The summed E-state index contributed by atoms with van der Waals surface area (Å²) in [6.07, 6.45) is -0.167. The van der Waals surface area contributed by atoms with Crippen LogP contribution in [0.15, 0.2) is 54.6 Å². The molecule has 1 fully saturated rings. The van der Waals surface area contributed by atoms with Crippen LogP contribution in [0.3, 0.4) is 0 Å². The van der Waals surface area contributed by atoms with E-state index < -0.39 is 0 Å². The predicted octanol–water partition coefficient (Wildman–Crippen LogP) is 3.92. The van der Waals surface area contributed by atoms with Gasteiger partial charge in [0, 0.05) is 25.2 Å². The van der Waals surface area contributed by atoms with Gasteiger partial charge in [-0.25, -0.2) is 0 Å². The fourth-order valence-electron chi connectivity index (χ4n) is 3.17. The summed E-state index contributed by atoms with van der Waals surface area (Å²) in [5, 5.41) is 0. The number of methoxy groups -OCH3 is 1. The lowest BCUT2D eigenvalue weighted by Gasteiger charge is -2.39. The zero-order valence-electron chi connectivity index (χ0n) is 15.2. The number of nitrogens with zero attached hydrogens (tertiary/aromatic N) is 1. The minimum absolute atomic E-state index is 0.00949. The van der Waals surface area contributed by atoms with Crippen LogP contribution in [0, 0.1) is 0 Å². The van der Waals surface area contributed by atoms with Crippen molar-refractivity contribution in [3.05, 3.63) is 60.2 Å². The van der Waals surface area contributed by atoms with Crippen LogP contribution in [0.25, 0.3) is 0 Å². The Labute approximate surface area is 150 Å². The van der Waals surface area contributed by atoms with E-state index in [-0.39, 0.29) is 12.2 Å². The van der Waals surface area contributed by atoms with Crippen molar-refractivity contribution >= 4 is 0 Å². The maximum Gasteiger partial charge on any atom is 0.151 e. The van der Waals surface area contributed by atoms with Crippen LogP contribution in [0.1, 0.15) is 25.5 Å². The first-order valence-electron chi connectivity index (χ1n) is 8.88. The Kier molecular flexibility index (Phi) is 5.95. The quantitative estimate of drug-likeness (QED) is 0.797. The normalized spacial score (nSPS) is 19.6. The molecule has 1 aliphatic rings. The maximum absolute atomic E-state index is 6.38. The van der Waals surface area contributed by atoms with Crippen molar-refractivity contribution in [3.8, 4) is 11.5 Å². The lowest BCUT2D eigenvalue weighted by molar-refractivity contribution is -0.0885. The molecule has 1 aliphatic heterocycles. The first-order valence-corrected chi connectivity index (χ1v) is 8.88. The Bertz CT molecular complexity index is 659. The van der Waals surface area contributed by atoms with Gasteiger partial charge in [0.15, 0.2) is 6.10 Å². The average Bonchev–Trinajstić information content (AvgIpc) is 2.67. The molecule has 4 nitrogen and oxygen atoms in total. The maximum atomic E-state index is 6.38. The van der Waals surface area contributed by atoms with Gasteiger partial charge in [-0.3, -0.25) is 4.90 Å². The minimum Gasteiger partial charge on any atom is -0.497 e. The van der Waals surface area contributed by atoms with Gasteiger partial charge in [0.2, 0.25) is 0 Å². The molecule has 0 spiro atoms. The monoisotopic (exact) mass is 341 g/mol. The standard InChI is InChI=1S/C21H27NO3/c1-16(2)22-12-13-24-20(15-22)21(17-8-5-4-6-9-17)25-19-11-7-10-18(14-19)23-3/h4-11,14,16,20-21H,12-13,15H2,1-3H3. The molecular weight excluding hydrogens is 314 g/mol. The van der Waals surface area contributed by atoms with E-state index in [1.165, 1.54) is 0 Å². The Morgan fingerprint density at radius 3 is 2.52 bits per heavy atom. The molecule has 0 N–H and O–H groups in total. The number of hydrogen-bond acceptors (Lipinski definition) is 4. The number of morpholine rings is 1. The highest BCUT2D eigenvalue weighted by Crippen LogP contribution is 2.30. The molecule has 0 aromatic heterocycles. The van der Waals surface area contributed by atoms with E-state index in [2.05, 4.69) is 30.9 Å². The van der Waals surface area contributed by atoms with Crippen LogP contribution in [-0.2, 0) is 4.74 Å². The molecule has 0 saturated carbocycles. The summed E-state index contributed by atoms with van der Waals surface area (Å²) in [6, 6.07) is 18.5. The molecule has 1 heterocycles. The summed E-state index contributed by atoms with van der Waals surface area (Å²) in [5.74, 6) is 1.58. The Balaban J connectivity index is 1.85. The topological polar surface area (TPSA) is 30.9 Å². The third kappa shape index (κ3) is 4.53. The first kappa shape index (κ1) is 17.8. The lowest BCUT2D eigenvalue weighted by Crippen LogP contribution is -2.48. The number of rotatable bonds is 6. The smallest absolute Gasteiger partial charge is 0.151 e. The zero-order valence-corrected chi connectivity index (χ0v) is 15.2. The van der Waals surface area contributed by atoms with Gasteiger partial charge in [-0.2, -0.15) is 0 Å². The van der Waals surface area contributed by atoms with Crippen molar-refractivity contribution < 1.29 is 14.2 Å². The highest BCUT2D eigenvalue weighted by atomic mass is 16.5. The van der Waals surface area contributed by atoms with Gasteiger partial charge in [0.1, 0.15) is 17.6 Å². The Morgan fingerprint density at radius 2 is 1.80 bits per heavy atom. The van der Waals surface area contributed by atoms with Crippen molar-refractivity contribution in [2.45, 2.75) is 32.1 Å². The first-order chi connectivity index (χ1) is 12.2. The van der Waals surface area contributed by atoms with E-state index in [0.717, 1.165) is 36.8 Å². The molecule has 2 atom stereocenters. The van der Waals surface area contributed by atoms with E-state index >= 15 is 0 Å². The van der Waals surface area contributed by atoms with Crippen LogP contribution in [0.5, 0.6) is 11.5 Å². The fourth-order valence-corrected chi connectivity index (χ4v) is 3.17. The number of ether oxygens (including phenoxy) is 3. The third-order valence-electron chi connectivity index (χ3n) is 4.63. The molecule has 25 heavy (non-hydrogen) atoms. The van der Waals surface area contributed by atoms with Crippen molar-refractivity contribution in [1.29, 1.82) is 0 Å². The van der Waals surface area contributed by atoms with E-state index in [9.17, 15) is 0 Å². The third-order valence-corrected chi connectivity index (χ3v) is 4.63. The highest BCUT2D eigenvalue weighted by molar-refractivity contribution is 5.34. The van der Waals surface area contributed by atoms with Gasteiger partial charge in [0.05, 0.1) is 13.7 Å². The molecule has 134 valence electrons. The second-order valence-corrected chi connectivity index (χ2v) is 6.63.